The average Bonchev–Trinajstić information content (AvgIpc) is 2.47. The Balaban J connectivity index is 2.14. The Morgan fingerprint density at radius 2 is 2.12 bits per heavy atom. The molecule has 1 fully saturated rings. The first-order valence-electron chi connectivity index (χ1n) is 6.43. The molecule has 1 unspecified atom stereocenters. The molecule has 1 aliphatic carbocycles. The maximum absolute atomic E-state index is 4.58. The van der Waals surface area contributed by atoms with Gasteiger partial charge in [0.15, 0.2) is 0 Å². The van der Waals surface area contributed by atoms with Crippen LogP contribution < -0.4 is 5.32 Å². The number of rotatable bonds is 4. The number of aromatic nitrogens is 2. The van der Waals surface area contributed by atoms with E-state index < -0.39 is 0 Å². The summed E-state index contributed by atoms with van der Waals surface area (Å²) in [7, 11) is 0. The SMILES string of the molecule is CCn1nc(C)c(C(C)NC2CCC2)c1C. The molecule has 1 aromatic rings. The molecule has 90 valence electrons. The molecule has 1 aromatic heterocycles. The maximum Gasteiger partial charge on any atom is 0.0644 e. The molecule has 0 aliphatic heterocycles. The van der Waals surface area contributed by atoms with E-state index in [4.69, 9.17) is 0 Å². The number of hydrogen-bond acceptors (Lipinski definition) is 2. The number of aryl methyl sites for hydroxylation is 2. The predicted molar refractivity (Wildman–Crippen MR) is 66.6 cm³/mol. The van der Waals surface area contributed by atoms with Crippen LogP contribution in [0.3, 0.4) is 0 Å². The summed E-state index contributed by atoms with van der Waals surface area (Å²) >= 11 is 0. The fourth-order valence-electron chi connectivity index (χ4n) is 2.66. The van der Waals surface area contributed by atoms with E-state index in [0.717, 1.165) is 12.6 Å². The van der Waals surface area contributed by atoms with Crippen molar-refractivity contribution in [1.29, 1.82) is 0 Å². The molecule has 0 bridgehead atoms. The fourth-order valence-corrected chi connectivity index (χ4v) is 2.66. The maximum atomic E-state index is 4.58. The third-order valence-electron chi connectivity index (χ3n) is 3.76. The van der Waals surface area contributed by atoms with Crippen LogP contribution in [0.2, 0.25) is 0 Å². The topological polar surface area (TPSA) is 29.9 Å². The summed E-state index contributed by atoms with van der Waals surface area (Å²) in [6, 6.07) is 1.17. The van der Waals surface area contributed by atoms with Gasteiger partial charge in [0.1, 0.15) is 0 Å². The second-order valence-electron chi connectivity index (χ2n) is 4.92. The Kier molecular flexibility index (Phi) is 3.33. The molecule has 0 radical (unpaired) electrons. The molecule has 0 aromatic carbocycles. The Morgan fingerprint density at radius 3 is 2.56 bits per heavy atom. The van der Waals surface area contributed by atoms with Crippen LogP contribution in [0.15, 0.2) is 0 Å². The number of nitrogens with one attached hydrogen (secondary N) is 1. The molecule has 3 nitrogen and oxygen atoms in total. The molecule has 0 amide bonds. The van der Waals surface area contributed by atoms with E-state index in [1.165, 1.54) is 36.2 Å². The Bertz CT molecular complexity index is 363. The van der Waals surface area contributed by atoms with Crippen molar-refractivity contribution in [3.05, 3.63) is 17.0 Å². The lowest BCUT2D eigenvalue weighted by atomic mass is 9.91. The van der Waals surface area contributed by atoms with Gasteiger partial charge in [-0.05, 0) is 40.5 Å². The van der Waals surface area contributed by atoms with E-state index >= 15 is 0 Å². The lowest BCUT2D eigenvalue weighted by molar-refractivity contribution is 0.312. The van der Waals surface area contributed by atoms with Crippen LogP contribution in [0.1, 0.15) is 56.1 Å². The minimum Gasteiger partial charge on any atom is -0.307 e. The van der Waals surface area contributed by atoms with Crippen molar-refractivity contribution in [3.63, 3.8) is 0 Å². The summed E-state index contributed by atoms with van der Waals surface area (Å²) in [5, 5.41) is 8.28. The van der Waals surface area contributed by atoms with Crippen molar-refractivity contribution in [1.82, 2.24) is 15.1 Å². The summed E-state index contributed by atoms with van der Waals surface area (Å²) < 4.78 is 2.10. The molecule has 0 saturated heterocycles. The molecule has 1 N–H and O–H groups in total. The molecule has 3 heteroatoms. The zero-order chi connectivity index (χ0) is 11.7. The first kappa shape index (κ1) is 11.6. The monoisotopic (exact) mass is 221 g/mol. The van der Waals surface area contributed by atoms with Crippen LogP contribution in [0.25, 0.3) is 0 Å². The van der Waals surface area contributed by atoms with Gasteiger partial charge in [0, 0.05) is 29.9 Å². The molecule has 2 rings (SSSR count). The molecular formula is C13H23N3. The molecule has 1 saturated carbocycles. The van der Waals surface area contributed by atoms with Crippen molar-refractivity contribution < 1.29 is 0 Å². The van der Waals surface area contributed by atoms with Crippen LogP contribution in [-0.2, 0) is 6.54 Å². The summed E-state index contributed by atoms with van der Waals surface area (Å²) in [5.41, 5.74) is 3.90. The fraction of sp³-hybridized carbons (Fsp3) is 0.769. The number of hydrogen-bond donors (Lipinski definition) is 1. The van der Waals surface area contributed by atoms with Gasteiger partial charge in [0.2, 0.25) is 0 Å². The first-order chi connectivity index (χ1) is 7.63. The summed E-state index contributed by atoms with van der Waals surface area (Å²) in [6.07, 6.45) is 4.06. The van der Waals surface area contributed by atoms with Gasteiger partial charge < -0.3 is 5.32 Å². The van der Waals surface area contributed by atoms with E-state index in [9.17, 15) is 0 Å². The zero-order valence-corrected chi connectivity index (χ0v) is 10.9. The molecule has 1 aliphatic rings. The Hall–Kier alpha value is -0.830. The first-order valence-corrected chi connectivity index (χ1v) is 6.43. The third kappa shape index (κ3) is 2.01. The van der Waals surface area contributed by atoms with E-state index in [2.05, 4.69) is 42.8 Å². The van der Waals surface area contributed by atoms with Crippen LogP contribution in [0.4, 0.5) is 0 Å². The van der Waals surface area contributed by atoms with E-state index in [1.54, 1.807) is 0 Å². The predicted octanol–water partition coefficient (Wildman–Crippen LogP) is 2.72. The van der Waals surface area contributed by atoms with Gasteiger partial charge in [0.05, 0.1) is 5.69 Å². The van der Waals surface area contributed by atoms with Crippen LogP contribution >= 0.6 is 0 Å². The highest BCUT2D eigenvalue weighted by Crippen LogP contribution is 2.26. The zero-order valence-electron chi connectivity index (χ0n) is 10.9. The molecule has 0 spiro atoms. The van der Waals surface area contributed by atoms with Crippen LogP contribution in [0, 0.1) is 13.8 Å². The van der Waals surface area contributed by atoms with Gasteiger partial charge in [0.25, 0.3) is 0 Å². The van der Waals surface area contributed by atoms with Gasteiger partial charge in [-0.3, -0.25) is 4.68 Å². The highest BCUT2D eigenvalue weighted by atomic mass is 15.3. The summed E-state index contributed by atoms with van der Waals surface area (Å²) in [4.78, 5) is 0. The second-order valence-corrected chi connectivity index (χ2v) is 4.92. The van der Waals surface area contributed by atoms with Crippen LogP contribution in [-0.4, -0.2) is 15.8 Å². The van der Waals surface area contributed by atoms with Crippen molar-refractivity contribution in [2.75, 3.05) is 0 Å². The van der Waals surface area contributed by atoms with Crippen molar-refractivity contribution in [2.45, 2.75) is 65.6 Å². The molecule has 16 heavy (non-hydrogen) atoms. The van der Waals surface area contributed by atoms with Crippen molar-refractivity contribution in [2.24, 2.45) is 0 Å². The van der Waals surface area contributed by atoms with Crippen molar-refractivity contribution >= 4 is 0 Å². The quantitative estimate of drug-likeness (QED) is 0.847. The van der Waals surface area contributed by atoms with E-state index in [1.807, 2.05) is 0 Å². The molecule has 1 heterocycles. The summed E-state index contributed by atoms with van der Waals surface area (Å²) in [6.45, 7) is 9.66. The second kappa shape index (κ2) is 4.58. The Labute approximate surface area is 98.2 Å². The van der Waals surface area contributed by atoms with Crippen LogP contribution in [0.5, 0.6) is 0 Å². The largest absolute Gasteiger partial charge is 0.307 e. The van der Waals surface area contributed by atoms with Gasteiger partial charge in [-0.1, -0.05) is 6.42 Å². The summed E-state index contributed by atoms with van der Waals surface area (Å²) in [5.74, 6) is 0. The Morgan fingerprint density at radius 1 is 1.44 bits per heavy atom. The smallest absolute Gasteiger partial charge is 0.0644 e. The minimum atomic E-state index is 0.436. The molecular weight excluding hydrogens is 198 g/mol. The highest BCUT2D eigenvalue weighted by Gasteiger charge is 2.23. The van der Waals surface area contributed by atoms with Gasteiger partial charge >= 0.3 is 0 Å². The number of nitrogens with zero attached hydrogens (tertiary/aromatic N) is 2. The normalized spacial score (nSPS) is 18.5. The lowest BCUT2D eigenvalue weighted by Gasteiger charge is -2.30. The standard InChI is InChI=1S/C13H23N3/c1-5-16-11(4)13(10(3)15-16)9(2)14-12-7-6-8-12/h9,12,14H,5-8H2,1-4H3. The van der Waals surface area contributed by atoms with E-state index in [-0.39, 0.29) is 0 Å². The minimum absolute atomic E-state index is 0.436. The third-order valence-corrected chi connectivity index (χ3v) is 3.76. The van der Waals surface area contributed by atoms with Gasteiger partial charge in [-0.25, -0.2) is 0 Å². The van der Waals surface area contributed by atoms with E-state index in [0.29, 0.717) is 6.04 Å². The lowest BCUT2D eigenvalue weighted by Crippen LogP contribution is -2.37. The van der Waals surface area contributed by atoms with Gasteiger partial charge in [-0.15, -0.1) is 0 Å². The average molecular weight is 221 g/mol. The highest BCUT2D eigenvalue weighted by molar-refractivity contribution is 5.28. The van der Waals surface area contributed by atoms with Crippen molar-refractivity contribution in [3.8, 4) is 0 Å². The molecule has 1 atom stereocenters. The van der Waals surface area contributed by atoms with Gasteiger partial charge in [-0.2, -0.15) is 5.10 Å².